The molecule has 11 heteroatoms. The van der Waals surface area contributed by atoms with Crippen molar-refractivity contribution in [2.45, 2.75) is 31.6 Å². The van der Waals surface area contributed by atoms with Crippen molar-refractivity contribution < 1.29 is 13.2 Å². The number of hydrogen-bond acceptors (Lipinski definition) is 6. The van der Waals surface area contributed by atoms with Gasteiger partial charge in [0, 0.05) is 25.2 Å². The smallest absolute Gasteiger partial charge is 0.260 e. The van der Waals surface area contributed by atoms with Crippen molar-refractivity contribution in [3.63, 3.8) is 0 Å². The van der Waals surface area contributed by atoms with Gasteiger partial charge >= 0.3 is 0 Å². The van der Waals surface area contributed by atoms with E-state index in [0.717, 1.165) is 24.1 Å². The molecule has 0 bridgehead atoms. The zero-order chi connectivity index (χ0) is 26.0. The minimum Gasteiger partial charge on any atom is -0.309 e. The van der Waals surface area contributed by atoms with E-state index in [1.54, 1.807) is 39.5 Å². The van der Waals surface area contributed by atoms with Crippen molar-refractivity contribution >= 4 is 66.6 Å². The van der Waals surface area contributed by atoms with Crippen LogP contribution in [0.25, 0.3) is 10.2 Å². The molecule has 1 saturated heterocycles. The summed E-state index contributed by atoms with van der Waals surface area (Å²) in [5.41, 5.74) is 1.10. The number of carbonyl (C=O) groups is 1. The molecule has 37 heavy (non-hydrogen) atoms. The van der Waals surface area contributed by atoms with E-state index in [-0.39, 0.29) is 23.2 Å². The summed E-state index contributed by atoms with van der Waals surface area (Å²) < 4.78 is 29.0. The third-order valence-electron chi connectivity index (χ3n) is 6.40. The van der Waals surface area contributed by atoms with Crippen molar-refractivity contribution in [2.75, 3.05) is 45.2 Å². The molecule has 2 atom stereocenters. The number of aromatic nitrogens is 1. The molecule has 2 unspecified atom stereocenters. The number of nitrogens with zero attached hydrogens (tertiary/aromatic N) is 4. The zero-order valence-corrected chi connectivity index (χ0v) is 24.8. The van der Waals surface area contributed by atoms with E-state index in [0.29, 0.717) is 52.7 Å². The quantitative estimate of drug-likeness (QED) is 0.342. The topological polar surface area (TPSA) is 73.8 Å². The third kappa shape index (κ3) is 6.82. The Morgan fingerprint density at radius 3 is 2.32 bits per heavy atom. The molecular formula is C26H34Cl2N4O3S2. The molecule has 0 N–H and O–H groups in total. The number of halogens is 2. The molecule has 7 nitrogen and oxygen atoms in total. The number of fused-ring (bicyclic) bond motifs is 1. The van der Waals surface area contributed by atoms with Gasteiger partial charge in [-0.15, -0.1) is 12.4 Å². The van der Waals surface area contributed by atoms with Crippen molar-refractivity contribution in [3.05, 3.63) is 53.1 Å². The van der Waals surface area contributed by atoms with Gasteiger partial charge in [-0.1, -0.05) is 42.9 Å². The van der Waals surface area contributed by atoms with Crippen LogP contribution in [0.4, 0.5) is 5.13 Å². The Morgan fingerprint density at radius 1 is 1.08 bits per heavy atom. The summed E-state index contributed by atoms with van der Waals surface area (Å²) in [4.78, 5) is 22.2. The number of amides is 1. The molecule has 0 spiro atoms. The highest BCUT2D eigenvalue weighted by atomic mass is 35.5. The van der Waals surface area contributed by atoms with Crippen LogP contribution in [0.15, 0.2) is 47.4 Å². The second-order valence-corrected chi connectivity index (χ2v) is 13.3. The van der Waals surface area contributed by atoms with Crippen LogP contribution in [0.5, 0.6) is 0 Å². The van der Waals surface area contributed by atoms with E-state index in [9.17, 15) is 13.2 Å². The lowest BCUT2D eigenvalue weighted by Gasteiger charge is -2.34. The first-order valence-corrected chi connectivity index (χ1v) is 14.8. The molecule has 4 rings (SSSR count). The maximum absolute atomic E-state index is 13.6. The largest absolute Gasteiger partial charge is 0.309 e. The summed E-state index contributed by atoms with van der Waals surface area (Å²) in [6, 6.07) is 11.9. The van der Waals surface area contributed by atoms with E-state index >= 15 is 0 Å². The molecule has 0 saturated carbocycles. The third-order valence-corrected chi connectivity index (χ3v) is 9.59. The highest BCUT2D eigenvalue weighted by Gasteiger charge is 2.32. The summed E-state index contributed by atoms with van der Waals surface area (Å²) in [6.45, 7) is 6.51. The number of para-hydroxylation sites is 1. The van der Waals surface area contributed by atoms with Gasteiger partial charge in [0.2, 0.25) is 10.0 Å². The lowest BCUT2D eigenvalue weighted by Crippen LogP contribution is -2.42. The van der Waals surface area contributed by atoms with Crippen LogP contribution in [-0.2, 0) is 10.0 Å². The van der Waals surface area contributed by atoms with E-state index < -0.39 is 10.0 Å². The van der Waals surface area contributed by atoms with Crippen molar-refractivity contribution in [1.29, 1.82) is 0 Å². The van der Waals surface area contributed by atoms with Gasteiger partial charge in [0.05, 0.1) is 14.6 Å². The summed E-state index contributed by atoms with van der Waals surface area (Å²) >= 11 is 7.75. The Hall–Kier alpha value is -1.75. The lowest BCUT2D eigenvalue weighted by molar-refractivity contribution is 0.0986. The minimum absolute atomic E-state index is 0. The first kappa shape index (κ1) is 29.8. The molecule has 1 amide bonds. The Balaban J connectivity index is 0.00000380. The van der Waals surface area contributed by atoms with Gasteiger partial charge in [-0.25, -0.2) is 13.4 Å². The summed E-state index contributed by atoms with van der Waals surface area (Å²) in [5.74, 6) is 0.429. The Kier molecular flexibility index (Phi) is 9.99. The van der Waals surface area contributed by atoms with Crippen LogP contribution in [0, 0.1) is 11.8 Å². The fraction of sp³-hybridized carbons (Fsp3) is 0.462. The summed E-state index contributed by atoms with van der Waals surface area (Å²) in [7, 11) is 0.375. The molecule has 1 aromatic heterocycles. The van der Waals surface area contributed by atoms with E-state index in [2.05, 4.69) is 23.7 Å². The molecule has 0 aliphatic carbocycles. The molecule has 1 aliphatic rings. The molecule has 0 radical (unpaired) electrons. The van der Waals surface area contributed by atoms with Gasteiger partial charge in [-0.05, 0) is 81.7 Å². The lowest BCUT2D eigenvalue weighted by atomic mass is 9.94. The predicted octanol–water partition coefficient (Wildman–Crippen LogP) is 5.64. The number of benzene rings is 2. The first-order valence-electron chi connectivity index (χ1n) is 12.2. The molecule has 3 aromatic rings. The highest BCUT2D eigenvalue weighted by Crippen LogP contribution is 2.34. The number of thiazole rings is 1. The van der Waals surface area contributed by atoms with Crippen LogP contribution >= 0.6 is 35.3 Å². The van der Waals surface area contributed by atoms with Crippen LogP contribution in [0.1, 0.15) is 37.0 Å². The molecule has 1 aliphatic heterocycles. The predicted molar refractivity (Wildman–Crippen MR) is 155 cm³/mol. The van der Waals surface area contributed by atoms with Crippen LogP contribution in [0.3, 0.4) is 0 Å². The van der Waals surface area contributed by atoms with Crippen LogP contribution < -0.4 is 4.90 Å². The fourth-order valence-electron chi connectivity index (χ4n) is 4.72. The highest BCUT2D eigenvalue weighted by molar-refractivity contribution is 7.89. The Bertz CT molecular complexity index is 1320. The molecule has 202 valence electrons. The normalized spacial score (nSPS) is 18.6. The van der Waals surface area contributed by atoms with Gasteiger partial charge in [0.15, 0.2) is 5.13 Å². The van der Waals surface area contributed by atoms with E-state index in [1.165, 1.54) is 11.3 Å². The molecule has 2 heterocycles. The number of carbonyl (C=O) groups excluding carboxylic acids is 1. The van der Waals surface area contributed by atoms with Crippen LogP contribution in [0.2, 0.25) is 5.02 Å². The second kappa shape index (κ2) is 12.4. The average molecular weight is 586 g/mol. The second-order valence-electron chi connectivity index (χ2n) is 9.99. The van der Waals surface area contributed by atoms with E-state index in [4.69, 9.17) is 11.6 Å². The van der Waals surface area contributed by atoms with Gasteiger partial charge in [-0.3, -0.25) is 9.69 Å². The van der Waals surface area contributed by atoms with Crippen LogP contribution in [-0.4, -0.2) is 68.8 Å². The Morgan fingerprint density at radius 2 is 1.73 bits per heavy atom. The number of hydrogen-bond donors (Lipinski definition) is 0. The SMILES string of the molecule is CC1CC(C)CN(S(=O)(=O)c2ccc(C(=O)N(CCCN(C)C)c3nc4c(Cl)cccc4s3)cc2)C1.Cl. The molecule has 1 fully saturated rings. The first-order chi connectivity index (χ1) is 17.1. The zero-order valence-electron chi connectivity index (χ0n) is 21.6. The number of rotatable bonds is 8. The summed E-state index contributed by atoms with van der Waals surface area (Å²) in [6.07, 6.45) is 1.79. The van der Waals surface area contributed by atoms with Crippen molar-refractivity contribution in [3.8, 4) is 0 Å². The fourth-order valence-corrected chi connectivity index (χ4v) is 7.69. The van der Waals surface area contributed by atoms with Crippen molar-refractivity contribution in [2.24, 2.45) is 11.8 Å². The monoisotopic (exact) mass is 584 g/mol. The van der Waals surface area contributed by atoms with Crippen molar-refractivity contribution in [1.82, 2.24) is 14.2 Å². The minimum atomic E-state index is -3.61. The van der Waals surface area contributed by atoms with Gasteiger partial charge in [0.1, 0.15) is 5.52 Å². The van der Waals surface area contributed by atoms with Gasteiger partial charge in [-0.2, -0.15) is 4.31 Å². The standard InChI is InChI=1S/C26H33ClN4O3S2.ClH/c1-18-15-19(2)17-30(16-18)36(33,34)21-11-9-20(10-12-21)25(32)31(14-6-13-29(3)4)26-28-24-22(27)7-5-8-23(24)35-26;/h5,7-12,18-19H,6,13-17H2,1-4H3;1H. The van der Waals surface area contributed by atoms with Gasteiger partial charge < -0.3 is 4.90 Å². The van der Waals surface area contributed by atoms with E-state index in [1.807, 2.05) is 26.2 Å². The maximum atomic E-state index is 13.6. The average Bonchev–Trinajstić information content (AvgIpc) is 3.26. The molecule has 2 aromatic carbocycles. The van der Waals surface area contributed by atoms with Gasteiger partial charge in [0.25, 0.3) is 5.91 Å². The number of piperidine rings is 1. The maximum Gasteiger partial charge on any atom is 0.260 e. The summed E-state index contributed by atoms with van der Waals surface area (Å²) in [5, 5.41) is 1.13. The molecular weight excluding hydrogens is 551 g/mol. The Labute approximate surface area is 234 Å². The number of anilines is 1. The number of sulfonamides is 1.